The smallest absolute Gasteiger partial charge is 0.273 e. The first-order valence-electron chi connectivity index (χ1n) is 13.1. The Morgan fingerprint density at radius 3 is 2.36 bits per heavy atom. The quantitative estimate of drug-likeness (QED) is 0.229. The van der Waals surface area contributed by atoms with Crippen molar-refractivity contribution >= 4 is 33.2 Å². The maximum absolute atomic E-state index is 14.6. The van der Waals surface area contributed by atoms with Gasteiger partial charge in [-0.1, -0.05) is 31.2 Å². The molecule has 0 radical (unpaired) electrons. The lowest BCUT2D eigenvalue weighted by Gasteiger charge is -2.32. The van der Waals surface area contributed by atoms with Gasteiger partial charge in [-0.25, -0.2) is 12.8 Å². The van der Waals surface area contributed by atoms with Gasteiger partial charge in [-0.05, 0) is 56.7 Å². The Balaban J connectivity index is 2.09. The number of anilines is 1. The fraction of sp³-hybridized carbons (Fsp3) is 0.310. The Hall–Kier alpha value is -4.52. The Kier molecular flexibility index (Phi) is 10.6. The summed E-state index contributed by atoms with van der Waals surface area (Å²) in [5.41, 5.74) is 0.0591. The zero-order valence-corrected chi connectivity index (χ0v) is 24.6. The summed E-state index contributed by atoms with van der Waals surface area (Å²) < 4.78 is 48.5. The maximum atomic E-state index is 14.6. The predicted molar refractivity (Wildman–Crippen MR) is 155 cm³/mol. The van der Waals surface area contributed by atoms with E-state index in [-0.39, 0.29) is 23.4 Å². The zero-order valence-electron chi connectivity index (χ0n) is 23.7. The molecule has 1 N–H and O–H groups in total. The van der Waals surface area contributed by atoms with E-state index in [9.17, 15) is 32.5 Å². The van der Waals surface area contributed by atoms with Crippen LogP contribution in [0.1, 0.15) is 31.4 Å². The molecule has 0 unspecified atom stereocenters. The van der Waals surface area contributed by atoms with Gasteiger partial charge in [-0.15, -0.1) is 0 Å². The number of nitro groups is 1. The van der Waals surface area contributed by atoms with Gasteiger partial charge in [-0.3, -0.25) is 24.0 Å². The van der Waals surface area contributed by atoms with Gasteiger partial charge in [0.15, 0.2) is 0 Å². The van der Waals surface area contributed by atoms with E-state index in [0.29, 0.717) is 18.7 Å². The molecule has 0 aliphatic carbocycles. The van der Waals surface area contributed by atoms with E-state index in [2.05, 4.69) is 5.32 Å². The minimum Gasteiger partial charge on any atom is -0.497 e. The second kappa shape index (κ2) is 13.9. The molecule has 0 saturated heterocycles. The van der Waals surface area contributed by atoms with Crippen molar-refractivity contribution < 1.29 is 32.1 Å². The molecule has 13 heteroatoms. The summed E-state index contributed by atoms with van der Waals surface area (Å²) in [6.07, 6.45) is 0.645. The van der Waals surface area contributed by atoms with Gasteiger partial charge in [0, 0.05) is 30.3 Å². The molecule has 0 aliphatic rings. The summed E-state index contributed by atoms with van der Waals surface area (Å²) in [5, 5.41) is 14.3. The van der Waals surface area contributed by atoms with Gasteiger partial charge in [-0.2, -0.15) is 0 Å². The van der Waals surface area contributed by atoms with Crippen LogP contribution in [0.4, 0.5) is 15.8 Å². The van der Waals surface area contributed by atoms with E-state index < -0.39 is 55.7 Å². The van der Waals surface area contributed by atoms with Gasteiger partial charge in [0.1, 0.15) is 24.2 Å². The molecule has 11 nitrogen and oxygen atoms in total. The number of sulfonamides is 1. The van der Waals surface area contributed by atoms with E-state index in [0.717, 1.165) is 15.3 Å². The number of hydrogen-bond donors (Lipinski definition) is 1. The largest absolute Gasteiger partial charge is 0.497 e. The minimum atomic E-state index is -4.55. The van der Waals surface area contributed by atoms with Gasteiger partial charge >= 0.3 is 0 Å². The summed E-state index contributed by atoms with van der Waals surface area (Å²) in [6, 6.07) is 14.0. The molecule has 1 atom stereocenters. The van der Waals surface area contributed by atoms with Gasteiger partial charge in [0.2, 0.25) is 11.8 Å². The van der Waals surface area contributed by atoms with Crippen molar-refractivity contribution in [2.75, 3.05) is 24.5 Å². The van der Waals surface area contributed by atoms with Gasteiger partial charge in [0.25, 0.3) is 15.7 Å². The number of ether oxygens (including phenoxy) is 1. The SMILES string of the molecule is CCCNC(=O)[C@@H](C)N(Cc1ccccc1F)C(=O)CN(c1ccc(OC)cc1)S(=O)(=O)c1ccc(C)c([N+](=O)[O-])c1. The number of nitrogens with zero attached hydrogens (tertiary/aromatic N) is 3. The number of nitrogens with one attached hydrogen (secondary N) is 1. The molecule has 3 aromatic rings. The van der Waals surface area contributed by atoms with Crippen LogP contribution in [-0.4, -0.2) is 56.3 Å². The van der Waals surface area contributed by atoms with E-state index >= 15 is 0 Å². The molecular weight excluding hydrogens is 567 g/mol. The summed E-state index contributed by atoms with van der Waals surface area (Å²) in [4.78, 5) is 38.3. The standard InChI is InChI=1S/C29H33FN4O7S/c1-5-16-31-29(36)21(3)32(18-22-8-6-7-9-26(22)30)28(35)19-33(23-11-13-24(41-4)14-12-23)42(39,40)25-15-10-20(2)27(17-25)34(37)38/h6-15,17,21H,5,16,18-19H2,1-4H3,(H,31,36)/t21-/m1/s1. The lowest BCUT2D eigenvalue weighted by molar-refractivity contribution is -0.385. The molecule has 0 aliphatic heterocycles. The summed E-state index contributed by atoms with van der Waals surface area (Å²) in [7, 11) is -3.12. The van der Waals surface area contributed by atoms with Gasteiger partial charge < -0.3 is 15.0 Å². The lowest BCUT2D eigenvalue weighted by atomic mass is 10.1. The highest BCUT2D eigenvalue weighted by Gasteiger charge is 2.33. The molecule has 0 fully saturated rings. The fourth-order valence-electron chi connectivity index (χ4n) is 4.14. The second-order valence-corrected chi connectivity index (χ2v) is 11.4. The van der Waals surface area contributed by atoms with Crippen LogP contribution < -0.4 is 14.4 Å². The van der Waals surface area contributed by atoms with Gasteiger partial charge in [0.05, 0.1) is 22.6 Å². The second-order valence-electron chi connectivity index (χ2n) is 9.50. The van der Waals surface area contributed by atoms with Crippen LogP contribution in [0.5, 0.6) is 5.75 Å². The molecular formula is C29H33FN4O7S. The number of nitro benzene ring substituents is 1. The summed E-state index contributed by atoms with van der Waals surface area (Å²) in [6.45, 7) is 4.07. The minimum absolute atomic E-state index is 0.0707. The van der Waals surface area contributed by atoms with Crippen LogP contribution in [0.25, 0.3) is 0 Å². The predicted octanol–water partition coefficient (Wildman–Crippen LogP) is 4.19. The first-order chi connectivity index (χ1) is 19.9. The topological polar surface area (TPSA) is 139 Å². The third kappa shape index (κ3) is 7.40. The first-order valence-corrected chi connectivity index (χ1v) is 14.6. The number of amides is 2. The first kappa shape index (κ1) is 32.0. The lowest BCUT2D eigenvalue weighted by Crippen LogP contribution is -2.51. The summed E-state index contributed by atoms with van der Waals surface area (Å²) in [5.74, 6) is -1.45. The Morgan fingerprint density at radius 1 is 1.10 bits per heavy atom. The number of rotatable bonds is 13. The van der Waals surface area contributed by atoms with Crippen LogP contribution in [-0.2, 0) is 26.2 Å². The highest BCUT2D eigenvalue weighted by atomic mass is 32.2. The molecule has 0 spiro atoms. The van der Waals surface area contributed by atoms with Crippen molar-refractivity contribution in [1.29, 1.82) is 0 Å². The Labute approximate surface area is 244 Å². The third-order valence-corrected chi connectivity index (χ3v) is 8.39. The number of methoxy groups -OCH3 is 1. The van der Waals surface area contributed by atoms with E-state index in [1.54, 1.807) is 6.07 Å². The molecule has 2 amide bonds. The van der Waals surface area contributed by atoms with Crippen LogP contribution in [0.2, 0.25) is 0 Å². The maximum Gasteiger partial charge on any atom is 0.273 e. The number of carbonyl (C=O) groups is 2. The fourth-order valence-corrected chi connectivity index (χ4v) is 5.57. The number of benzene rings is 3. The number of halogens is 1. The monoisotopic (exact) mass is 600 g/mol. The number of carbonyl (C=O) groups excluding carboxylic acids is 2. The van der Waals surface area contributed by atoms with Crippen LogP contribution >= 0.6 is 0 Å². The molecule has 3 rings (SSSR count). The Bertz CT molecular complexity index is 1550. The highest BCUT2D eigenvalue weighted by molar-refractivity contribution is 7.92. The van der Waals surface area contributed by atoms with E-state index in [1.165, 1.54) is 75.6 Å². The molecule has 0 saturated carbocycles. The van der Waals surface area contributed by atoms with Crippen molar-refractivity contribution in [1.82, 2.24) is 10.2 Å². The van der Waals surface area contributed by atoms with Crippen molar-refractivity contribution in [2.24, 2.45) is 0 Å². The van der Waals surface area contributed by atoms with E-state index in [4.69, 9.17) is 4.74 Å². The normalized spacial score (nSPS) is 11.8. The number of aryl methyl sites for hydroxylation is 1. The molecule has 0 aromatic heterocycles. The van der Waals surface area contributed by atoms with E-state index in [1.807, 2.05) is 6.92 Å². The highest BCUT2D eigenvalue weighted by Crippen LogP contribution is 2.29. The molecule has 0 bridgehead atoms. The average Bonchev–Trinajstić information content (AvgIpc) is 2.97. The third-order valence-electron chi connectivity index (χ3n) is 6.62. The molecule has 0 heterocycles. The van der Waals surface area contributed by atoms with Crippen molar-refractivity contribution in [2.45, 2.75) is 44.7 Å². The summed E-state index contributed by atoms with van der Waals surface area (Å²) >= 11 is 0. The van der Waals surface area contributed by atoms with Crippen molar-refractivity contribution in [3.63, 3.8) is 0 Å². The Morgan fingerprint density at radius 2 is 1.76 bits per heavy atom. The van der Waals surface area contributed by atoms with Crippen molar-refractivity contribution in [3.05, 3.63) is 93.8 Å². The van der Waals surface area contributed by atoms with Crippen LogP contribution in [0.15, 0.2) is 71.6 Å². The van der Waals surface area contributed by atoms with Crippen LogP contribution in [0.3, 0.4) is 0 Å². The zero-order chi connectivity index (χ0) is 31.0. The van der Waals surface area contributed by atoms with Crippen LogP contribution in [0, 0.1) is 22.9 Å². The molecule has 224 valence electrons. The molecule has 3 aromatic carbocycles. The number of hydrogen-bond acceptors (Lipinski definition) is 7. The average molecular weight is 601 g/mol. The molecule has 42 heavy (non-hydrogen) atoms. The van der Waals surface area contributed by atoms with Crippen molar-refractivity contribution in [3.8, 4) is 5.75 Å².